The lowest BCUT2D eigenvalue weighted by Crippen LogP contribution is -2.06. The SMILES string of the molecule is N#CC(OCOCc1ccccc1)c1ccccc1. The summed E-state index contributed by atoms with van der Waals surface area (Å²) in [5.74, 6) is 0. The van der Waals surface area contributed by atoms with Crippen molar-refractivity contribution in [1.29, 1.82) is 5.26 Å². The van der Waals surface area contributed by atoms with Gasteiger partial charge in [0.25, 0.3) is 0 Å². The monoisotopic (exact) mass is 253 g/mol. The molecule has 0 fully saturated rings. The van der Waals surface area contributed by atoms with E-state index in [2.05, 4.69) is 6.07 Å². The number of rotatable bonds is 6. The van der Waals surface area contributed by atoms with Crippen LogP contribution in [0.4, 0.5) is 0 Å². The molecule has 3 heteroatoms. The Kier molecular flexibility index (Phi) is 5.12. The van der Waals surface area contributed by atoms with Gasteiger partial charge in [0, 0.05) is 0 Å². The van der Waals surface area contributed by atoms with E-state index in [1.54, 1.807) is 0 Å². The topological polar surface area (TPSA) is 42.2 Å². The van der Waals surface area contributed by atoms with Crippen molar-refractivity contribution >= 4 is 0 Å². The first-order valence-electron chi connectivity index (χ1n) is 6.08. The first-order valence-corrected chi connectivity index (χ1v) is 6.08. The van der Waals surface area contributed by atoms with Crippen LogP contribution in [0, 0.1) is 11.3 Å². The predicted octanol–water partition coefficient (Wildman–Crippen LogP) is 3.44. The summed E-state index contributed by atoms with van der Waals surface area (Å²) in [6.45, 7) is 0.579. The number of benzene rings is 2. The molecule has 0 amide bonds. The minimum atomic E-state index is -0.586. The van der Waals surface area contributed by atoms with Crippen LogP contribution in [0.15, 0.2) is 60.7 Å². The standard InChI is InChI=1S/C16H15NO2/c17-11-16(15-9-5-2-6-10-15)19-13-18-12-14-7-3-1-4-8-14/h1-10,16H,12-13H2. The lowest BCUT2D eigenvalue weighted by molar-refractivity contribution is -0.0815. The van der Waals surface area contributed by atoms with Gasteiger partial charge in [0.1, 0.15) is 6.79 Å². The molecule has 2 rings (SSSR count). The molecule has 0 bridgehead atoms. The third-order valence-electron chi connectivity index (χ3n) is 2.65. The van der Waals surface area contributed by atoms with E-state index in [0.29, 0.717) is 6.61 Å². The van der Waals surface area contributed by atoms with Crippen LogP contribution in [0.1, 0.15) is 17.2 Å². The Labute approximate surface area is 113 Å². The van der Waals surface area contributed by atoms with E-state index in [4.69, 9.17) is 14.7 Å². The zero-order valence-electron chi connectivity index (χ0n) is 10.5. The van der Waals surface area contributed by atoms with E-state index in [1.807, 2.05) is 60.7 Å². The average Bonchev–Trinajstić information content (AvgIpc) is 2.49. The number of ether oxygens (including phenoxy) is 2. The Bertz CT molecular complexity index is 519. The van der Waals surface area contributed by atoms with Crippen LogP contribution in [0.3, 0.4) is 0 Å². The zero-order chi connectivity index (χ0) is 13.3. The summed E-state index contributed by atoms with van der Waals surface area (Å²) in [6, 6.07) is 21.4. The van der Waals surface area contributed by atoms with Crippen molar-refractivity contribution in [3.05, 3.63) is 71.8 Å². The molecule has 0 aliphatic heterocycles. The molecular formula is C16H15NO2. The van der Waals surface area contributed by atoms with Crippen LogP contribution < -0.4 is 0 Å². The Balaban J connectivity index is 1.77. The quantitative estimate of drug-likeness (QED) is 0.585. The summed E-state index contributed by atoms with van der Waals surface area (Å²) >= 11 is 0. The molecule has 3 nitrogen and oxygen atoms in total. The molecule has 0 heterocycles. The Morgan fingerprint density at radius 3 is 2.21 bits per heavy atom. The molecule has 1 atom stereocenters. The van der Waals surface area contributed by atoms with E-state index < -0.39 is 6.10 Å². The summed E-state index contributed by atoms with van der Waals surface area (Å²) in [5.41, 5.74) is 1.92. The van der Waals surface area contributed by atoms with Gasteiger partial charge in [-0.2, -0.15) is 5.26 Å². The van der Waals surface area contributed by atoms with Crippen molar-refractivity contribution < 1.29 is 9.47 Å². The van der Waals surface area contributed by atoms with Crippen LogP contribution in [0.25, 0.3) is 0 Å². The lowest BCUT2D eigenvalue weighted by atomic mass is 10.1. The number of hydrogen-bond donors (Lipinski definition) is 0. The molecule has 1 unspecified atom stereocenters. The molecule has 2 aromatic carbocycles. The van der Waals surface area contributed by atoms with Crippen molar-refractivity contribution in [2.45, 2.75) is 12.7 Å². The maximum absolute atomic E-state index is 9.07. The van der Waals surface area contributed by atoms with Gasteiger partial charge in [-0.25, -0.2) is 0 Å². The molecule has 0 aliphatic rings. The van der Waals surface area contributed by atoms with E-state index in [0.717, 1.165) is 11.1 Å². The van der Waals surface area contributed by atoms with E-state index in [9.17, 15) is 0 Å². The second-order valence-corrected chi connectivity index (χ2v) is 4.04. The number of hydrogen-bond acceptors (Lipinski definition) is 3. The van der Waals surface area contributed by atoms with Gasteiger partial charge in [-0.3, -0.25) is 0 Å². The van der Waals surface area contributed by atoms with E-state index >= 15 is 0 Å². The van der Waals surface area contributed by atoms with Gasteiger partial charge >= 0.3 is 0 Å². The molecule has 2 aromatic rings. The highest BCUT2D eigenvalue weighted by molar-refractivity contribution is 5.21. The molecule has 0 aromatic heterocycles. The minimum absolute atomic E-state index is 0.0992. The van der Waals surface area contributed by atoms with Crippen molar-refractivity contribution in [3.8, 4) is 6.07 Å². The smallest absolute Gasteiger partial charge is 0.171 e. The third-order valence-corrected chi connectivity index (χ3v) is 2.65. The Morgan fingerprint density at radius 2 is 1.58 bits per heavy atom. The first-order chi connectivity index (χ1) is 9.40. The van der Waals surface area contributed by atoms with E-state index in [1.165, 1.54) is 0 Å². The highest BCUT2D eigenvalue weighted by atomic mass is 16.7. The van der Waals surface area contributed by atoms with Crippen molar-refractivity contribution in [1.82, 2.24) is 0 Å². The van der Waals surface area contributed by atoms with Crippen LogP contribution in [0.2, 0.25) is 0 Å². The highest BCUT2D eigenvalue weighted by Crippen LogP contribution is 2.15. The van der Waals surface area contributed by atoms with Crippen LogP contribution >= 0.6 is 0 Å². The number of nitrogens with zero attached hydrogens (tertiary/aromatic N) is 1. The van der Waals surface area contributed by atoms with Gasteiger partial charge in [-0.15, -0.1) is 0 Å². The molecule has 0 radical (unpaired) electrons. The van der Waals surface area contributed by atoms with Crippen molar-refractivity contribution in [2.24, 2.45) is 0 Å². The van der Waals surface area contributed by atoms with Gasteiger partial charge in [-0.05, 0) is 11.1 Å². The van der Waals surface area contributed by atoms with Gasteiger partial charge in [0.2, 0.25) is 0 Å². The number of nitriles is 1. The van der Waals surface area contributed by atoms with Crippen LogP contribution in [0.5, 0.6) is 0 Å². The second-order valence-electron chi connectivity index (χ2n) is 4.04. The molecule has 19 heavy (non-hydrogen) atoms. The highest BCUT2D eigenvalue weighted by Gasteiger charge is 2.09. The molecule has 0 saturated heterocycles. The molecule has 0 N–H and O–H groups in total. The van der Waals surface area contributed by atoms with Gasteiger partial charge in [0.05, 0.1) is 12.7 Å². The molecule has 96 valence electrons. The zero-order valence-corrected chi connectivity index (χ0v) is 10.5. The maximum atomic E-state index is 9.07. The fourth-order valence-corrected chi connectivity index (χ4v) is 1.69. The minimum Gasteiger partial charge on any atom is -0.351 e. The largest absolute Gasteiger partial charge is 0.351 e. The average molecular weight is 253 g/mol. The van der Waals surface area contributed by atoms with Gasteiger partial charge < -0.3 is 9.47 Å². The molecule has 0 saturated carbocycles. The van der Waals surface area contributed by atoms with Crippen molar-refractivity contribution in [2.75, 3.05) is 6.79 Å². The van der Waals surface area contributed by atoms with Gasteiger partial charge in [-0.1, -0.05) is 60.7 Å². The molecule has 0 spiro atoms. The van der Waals surface area contributed by atoms with Crippen LogP contribution in [-0.2, 0) is 16.1 Å². The Hall–Kier alpha value is -2.15. The molecular weight excluding hydrogens is 238 g/mol. The summed E-state index contributed by atoms with van der Waals surface area (Å²) in [6.07, 6.45) is -0.586. The summed E-state index contributed by atoms with van der Waals surface area (Å²) in [5, 5.41) is 9.07. The second kappa shape index (κ2) is 7.32. The summed E-state index contributed by atoms with van der Waals surface area (Å²) < 4.78 is 10.8. The lowest BCUT2D eigenvalue weighted by Gasteiger charge is -2.11. The summed E-state index contributed by atoms with van der Waals surface area (Å²) in [7, 11) is 0. The summed E-state index contributed by atoms with van der Waals surface area (Å²) in [4.78, 5) is 0. The fourth-order valence-electron chi connectivity index (χ4n) is 1.69. The fraction of sp³-hybridized carbons (Fsp3) is 0.188. The normalized spacial score (nSPS) is 11.7. The third kappa shape index (κ3) is 4.22. The molecule has 0 aliphatic carbocycles. The van der Waals surface area contributed by atoms with Crippen molar-refractivity contribution in [3.63, 3.8) is 0 Å². The maximum Gasteiger partial charge on any atom is 0.171 e. The first kappa shape index (κ1) is 13.3. The Morgan fingerprint density at radius 1 is 0.947 bits per heavy atom. The van der Waals surface area contributed by atoms with Crippen LogP contribution in [-0.4, -0.2) is 6.79 Å². The van der Waals surface area contributed by atoms with Gasteiger partial charge in [0.15, 0.2) is 6.10 Å². The predicted molar refractivity (Wildman–Crippen MR) is 72.0 cm³/mol. The van der Waals surface area contributed by atoms with E-state index in [-0.39, 0.29) is 6.79 Å².